The summed E-state index contributed by atoms with van der Waals surface area (Å²) < 4.78 is 10.5. The number of hydrogen-bond donors (Lipinski definition) is 2. The van der Waals surface area contributed by atoms with E-state index in [1.807, 2.05) is 24.3 Å². The standard InChI is InChI=1S/C16H18ClNO3/c1-20-15-8-12(7-14(17)16(15)21-2)10-18-9-11-3-5-13(19)6-4-11/h3-8,18-19H,9-10H2,1-2H3. The molecule has 0 aliphatic heterocycles. The maximum Gasteiger partial charge on any atom is 0.179 e. The molecule has 2 aromatic carbocycles. The SMILES string of the molecule is COc1cc(CNCc2ccc(O)cc2)cc(Cl)c1OC. The van der Waals surface area contributed by atoms with E-state index in [1.165, 1.54) is 0 Å². The lowest BCUT2D eigenvalue weighted by Crippen LogP contribution is -2.12. The average Bonchev–Trinajstić information content (AvgIpc) is 2.48. The topological polar surface area (TPSA) is 50.7 Å². The summed E-state index contributed by atoms with van der Waals surface area (Å²) in [4.78, 5) is 0. The van der Waals surface area contributed by atoms with E-state index >= 15 is 0 Å². The van der Waals surface area contributed by atoms with Crippen LogP contribution in [0.4, 0.5) is 0 Å². The van der Waals surface area contributed by atoms with Gasteiger partial charge >= 0.3 is 0 Å². The Kier molecular flexibility index (Phi) is 5.31. The fourth-order valence-corrected chi connectivity index (χ4v) is 2.35. The molecule has 0 aromatic heterocycles. The Morgan fingerprint density at radius 3 is 2.29 bits per heavy atom. The normalized spacial score (nSPS) is 10.4. The van der Waals surface area contributed by atoms with E-state index in [4.69, 9.17) is 21.1 Å². The molecule has 0 saturated heterocycles. The van der Waals surface area contributed by atoms with Gasteiger partial charge in [-0.2, -0.15) is 0 Å². The van der Waals surface area contributed by atoms with E-state index in [1.54, 1.807) is 26.4 Å². The summed E-state index contributed by atoms with van der Waals surface area (Å²) in [7, 11) is 3.15. The van der Waals surface area contributed by atoms with Crippen molar-refractivity contribution in [1.29, 1.82) is 0 Å². The molecule has 0 aliphatic carbocycles. The van der Waals surface area contributed by atoms with Gasteiger partial charge in [0.25, 0.3) is 0 Å². The highest BCUT2D eigenvalue weighted by Crippen LogP contribution is 2.35. The number of rotatable bonds is 6. The second kappa shape index (κ2) is 7.20. The summed E-state index contributed by atoms with van der Waals surface area (Å²) in [5.74, 6) is 1.43. The van der Waals surface area contributed by atoms with Gasteiger partial charge < -0.3 is 19.9 Å². The van der Waals surface area contributed by atoms with E-state index in [-0.39, 0.29) is 5.75 Å². The fraction of sp³-hybridized carbons (Fsp3) is 0.250. The molecule has 21 heavy (non-hydrogen) atoms. The van der Waals surface area contributed by atoms with E-state index in [2.05, 4.69) is 5.32 Å². The molecule has 0 radical (unpaired) electrons. The quantitative estimate of drug-likeness (QED) is 0.859. The summed E-state index contributed by atoms with van der Waals surface area (Å²) in [5.41, 5.74) is 2.11. The highest BCUT2D eigenvalue weighted by atomic mass is 35.5. The minimum Gasteiger partial charge on any atom is -0.508 e. The van der Waals surface area contributed by atoms with Crippen molar-refractivity contribution in [3.63, 3.8) is 0 Å². The summed E-state index contributed by atoms with van der Waals surface area (Å²) in [6.45, 7) is 1.35. The van der Waals surface area contributed by atoms with Gasteiger partial charge in [-0.1, -0.05) is 23.7 Å². The molecular formula is C16H18ClNO3. The number of phenols is 1. The van der Waals surface area contributed by atoms with Crippen LogP contribution in [-0.2, 0) is 13.1 Å². The molecule has 112 valence electrons. The van der Waals surface area contributed by atoms with Crippen LogP contribution in [0.15, 0.2) is 36.4 Å². The highest BCUT2D eigenvalue weighted by molar-refractivity contribution is 6.32. The Labute approximate surface area is 129 Å². The first-order valence-corrected chi connectivity index (χ1v) is 6.91. The second-order valence-corrected chi connectivity index (χ2v) is 4.99. The van der Waals surface area contributed by atoms with Crippen molar-refractivity contribution in [2.24, 2.45) is 0 Å². The zero-order valence-corrected chi connectivity index (χ0v) is 12.8. The Balaban J connectivity index is 2.00. The molecule has 4 nitrogen and oxygen atoms in total. The molecule has 0 bridgehead atoms. The van der Waals surface area contributed by atoms with E-state index in [9.17, 15) is 5.11 Å². The lowest BCUT2D eigenvalue weighted by Gasteiger charge is -2.12. The van der Waals surface area contributed by atoms with E-state index in [0.717, 1.165) is 11.1 Å². The third-order valence-electron chi connectivity index (χ3n) is 3.09. The first kappa shape index (κ1) is 15.5. The average molecular weight is 308 g/mol. The smallest absolute Gasteiger partial charge is 0.179 e. The third kappa shape index (κ3) is 4.03. The zero-order chi connectivity index (χ0) is 15.2. The van der Waals surface area contributed by atoms with Gasteiger partial charge in [-0.05, 0) is 35.4 Å². The minimum atomic E-state index is 0.269. The number of hydrogen-bond acceptors (Lipinski definition) is 4. The van der Waals surface area contributed by atoms with Gasteiger partial charge in [-0.25, -0.2) is 0 Å². The monoisotopic (exact) mass is 307 g/mol. The number of ether oxygens (including phenoxy) is 2. The van der Waals surface area contributed by atoms with Gasteiger partial charge in [-0.15, -0.1) is 0 Å². The summed E-state index contributed by atoms with van der Waals surface area (Å²) >= 11 is 6.17. The van der Waals surface area contributed by atoms with Crippen LogP contribution >= 0.6 is 11.6 Å². The first-order valence-electron chi connectivity index (χ1n) is 6.53. The second-order valence-electron chi connectivity index (χ2n) is 4.58. The lowest BCUT2D eigenvalue weighted by molar-refractivity contribution is 0.354. The van der Waals surface area contributed by atoms with Gasteiger partial charge in [0.1, 0.15) is 5.75 Å². The van der Waals surface area contributed by atoms with Crippen LogP contribution < -0.4 is 14.8 Å². The molecule has 0 unspecified atom stereocenters. The molecule has 2 aromatic rings. The highest BCUT2D eigenvalue weighted by Gasteiger charge is 2.10. The van der Waals surface area contributed by atoms with Crippen LogP contribution in [0.1, 0.15) is 11.1 Å². The maximum absolute atomic E-state index is 9.24. The summed E-state index contributed by atoms with van der Waals surface area (Å²) in [6, 6.07) is 10.9. The van der Waals surface area contributed by atoms with Crippen LogP contribution in [0.25, 0.3) is 0 Å². The molecule has 0 saturated carbocycles. The third-order valence-corrected chi connectivity index (χ3v) is 3.37. The molecule has 2 N–H and O–H groups in total. The van der Waals surface area contributed by atoms with Crippen molar-refractivity contribution in [1.82, 2.24) is 5.32 Å². The number of nitrogens with one attached hydrogen (secondary N) is 1. The molecule has 0 atom stereocenters. The van der Waals surface area contributed by atoms with Crippen molar-refractivity contribution in [2.45, 2.75) is 13.1 Å². The summed E-state index contributed by atoms with van der Waals surface area (Å²) in [6.07, 6.45) is 0. The maximum atomic E-state index is 9.24. The van der Waals surface area contributed by atoms with Crippen molar-refractivity contribution >= 4 is 11.6 Å². The van der Waals surface area contributed by atoms with Gasteiger partial charge in [0.15, 0.2) is 11.5 Å². The Hall–Kier alpha value is -1.91. The summed E-state index contributed by atoms with van der Waals surface area (Å²) in [5, 5.41) is 13.1. The van der Waals surface area contributed by atoms with Crippen molar-refractivity contribution in [3.8, 4) is 17.2 Å². The number of halogens is 1. The molecule has 0 spiro atoms. The minimum absolute atomic E-state index is 0.269. The predicted octanol–water partition coefficient (Wildman–Crippen LogP) is 3.35. The molecule has 5 heteroatoms. The van der Waals surface area contributed by atoms with E-state index < -0.39 is 0 Å². The zero-order valence-electron chi connectivity index (χ0n) is 12.0. The van der Waals surface area contributed by atoms with Crippen LogP contribution in [0.2, 0.25) is 5.02 Å². The number of aromatic hydroxyl groups is 1. The van der Waals surface area contributed by atoms with E-state index in [0.29, 0.717) is 29.6 Å². The number of benzene rings is 2. The van der Waals surface area contributed by atoms with Crippen molar-refractivity contribution in [2.75, 3.05) is 14.2 Å². The van der Waals surface area contributed by atoms with Crippen LogP contribution in [0.3, 0.4) is 0 Å². The first-order chi connectivity index (χ1) is 10.1. The van der Waals surface area contributed by atoms with Gasteiger partial charge in [0.2, 0.25) is 0 Å². The predicted molar refractivity (Wildman–Crippen MR) is 83.2 cm³/mol. The molecular weight excluding hydrogens is 290 g/mol. The fourth-order valence-electron chi connectivity index (χ4n) is 2.04. The Bertz CT molecular complexity index is 599. The Morgan fingerprint density at radius 1 is 1.00 bits per heavy atom. The molecule has 0 aliphatic rings. The molecule has 2 rings (SSSR count). The molecule has 0 amide bonds. The number of phenolic OH excluding ortho intramolecular Hbond substituents is 1. The van der Waals surface area contributed by atoms with Crippen molar-refractivity contribution < 1.29 is 14.6 Å². The molecule has 0 fully saturated rings. The van der Waals surface area contributed by atoms with Crippen LogP contribution in [0, 0.1) is 0 Å². The van der Waals surface area contributed by atoms with Crippen LogP contribution in [-0.4, -0.2) is 19.3 Å². The van der Waals surface area contributed by atoms with Gasteiger partial charge in [-0.3, -0.25) is 0 Å². The Morgan fingerprint density at radius 2 is 1.67 bits per heavy atom. The molecule has 0 heterocycles. The van der Waals surface area contributed by atoms with Crippen LogP contribution in [0.5, 0.6) is 17.2 Å². The van der Waals surface area contributed by atoms with Gasteiger partial charge in [0.05, 0.1) is 19.2 Å². The number of methoxy groups -OCH3 is 2. The largest absolute Gasteiger partial charge is 0.508 e. The van der Waals surface area contributed by atoms with Crippen molar-refractivity contribution in [3.05, 3.63) is 52.5 Å². The lowest BCUT2D eigenvalue weighted by atomic mass is 10.1. The van der Waals surface area contributed by atoms with Gasteiger partial charge in [0, 0.05) is 13.1 Å².